The van der Waals surface area contributed by atoms with Crippen LogP contribution in [0.2, 0.25) is 0 Å². The monoisotopic (exact) mass is 1480 g/mol. The van der Waals surface area contributed by atoms with Gasteiger partial charge in [0.1, 0.15) is 22.3 Å². The third-order valence-electron chi connectivity index (χ3n) is 24.1. The third-order valence-corrected chi connectivity index (χ3v) is 24.1. The number of hydrogen-bond donors (Lipinski definition) is 0. The molecule has 0 bridgehead atoms. The molecule has 115 heavy (non-hydrogen) atoms. The molecule has 0 atom stereocenters. The van der Waals surface area contributed by atoms with Crippen molar-refractivity contribution in [2.75, 3.05) is 9.80 Å². The Kier molecular flexibility index (Phi) is 18.4. The number of para-hydroxylation sites is 2. The maximum Gasteiger partial charge on any atom is 0.137 e. The van der Waals surface area contributed by atoms with E-state index in [4.69, 9.17) is 8.83 Å². The number of allylic oxidation sites excluding steroid dienone is 5. The molecule has 2 aliphatic rings. The SMILES string of the molecule is C=CC1=C(/C=C\C)c2ccc(-c3ccc(N(c4ccc(-c5ccc(N(c6ccc(-c7ccc8c(c7)C(Cc7ccc(C=C)cc7)(Cc7ccc(C=C)cc7)c7ccccc7-8)cc6)c6ccc7c(c6)oc6ccccc67)cc5)cc4)c4ccc5c(c4)oc4ccccc45)cc3)cc2C1(Cc1ccc(C=C)cc1)Cc1ccc(C=C)cc1. The van der Waals surface area contributed by atoms with Gasteiger partial charge in [-0.3, -0.25) is 0 Å². The molecule has 4 nitrogen and oxygen atoms in total. The first-order valence-corrected chi connectivity index (χ1v) is 39.7. The van der Waals surface area contributed by atoms with Gasteiger partial charge in [0.2, 0.25) is 0 Å². The molecule has 17 aromatic rings. The van der Waals surface area contributed by atoms with E-state index < -0.39 is 5.41 Å². The van der Waals surface area contributed by atoms with Crippen LogP contribution in [0.3, 0.4) is 0 Å². The number of fused-ring (bicyclic) bond motifs is 10. The molecule has 0 N–H and O–H groups in total. The summed E-state index contributed by atoms with van der Waals surface area (Å²) in [6, 6.07) is 125. The highest BCUT2D eigenvalue weighted by Gasteiger charge is 2.45. The lowest BCUT2D eigenvalue weighted by Crippen LogP contribution is -2.32. The van der Waals surface area contributed by atoms with E-state index in [0.29, 0.717) is 0 Å². The fourth-order valence-corrected chi connectivity index (χ4v) is 18.4. The molecule has 19 rings (SSSR count). The zero-order chi connectivity index (χ0) is 77.7. The largest absolute Gasteiger partial charge is 0.456 e. The van der Waals surface area contributed by atoms with E-state index in [1.807, 2.05) is 48.6 Å². The third kappa shape index (κ3) is 12.9. The average Bonchev–Trinajstić information content (AvgIpc) is 1.56. The lowest BCUT2D eigenvalue weighted by atomic mass is 9.68. The summed E-state index contributed by atoms with van der Waals surface area (Å²) in [5, 5.41) is 4.35. The molecule has 0 fully saturated rings. The quantitative estimate of drug-likeness (QED) is 0.0639. The van der Waals surface area contributed by atoms with Crippen molar-refractivity contribution in [1.29, 1.82) is 0 Å². The van der Waals surface area contributed by atoms with Gasteiger partial charge >= 0.3 is 0 Å². The topological polar surface area (TPSA) is 32.8 Å². The van der Waals surface area contributed by atoms with Crippen molar-refractivity contribution in [3.8, 4) is 44.5 Å². The molecule has 2 aliphatic carbocycles. The number of benzene rings is 15. The molecule has 0 spiro atoms. The number of furan rings is 2. The van der Waals surface area contributed by atoms with Gasteiger partial charge in [0.25, 0.3) is 0 Å². The molecule has 15 aromatic carbocycles. The lowest BCUT2D eigenvalue weighted by molar-refractivity contribution is 0.516. The molecule has 0 aliphatic heterocycles. The zero-order valence-corrected chi connectivity index (χ0v) is 64.4. The summed E-state index contributed by atoms with van der Waals surface area (Å²) in [6.45, 7) is 22.9. The van der Waals surface area contributed by atoms with Crippen molar-refractivity contribution in [3.05, 3.63) is 463 Å². The van der Waals surface area contributed by atoms with Crippen LogP contribution in [0, 0.1) is 0 Å². The molecule has 0 saturated carbocycles. The second-order valence-electron chi connectivity index (χ2n) is 30.7. The van der Waals surface area contributed by atoms with Crippen LogP contribution < -0.4 is 9.80 Å². The van der Waals surface area contributed by atoms with Crippen LogP contribution >= 0.6 is 0 Å². The van der Waals surface area contributed by atoms with Crippen LogP contribution in [0.5, 0.6) is 0 Å². The van der Waals surface area contributed by atoms with Crippen LogP contribution in [0.25, 0.3) is 118 Å². The predicted octanol–water partition coefficient (Wildman–Crippen LogP) is 30.0. The van der Waals surface area contributed by atoms with Crippen LogP contribution in [0.15, 0.2) is 405 Å². The van der Waals surface area contributed by atoms with Crippen molar-refractivity contribution >= 4 is 108 Å². The lowest BCUT2D eigenvalue weighted by Gasteiger charge is -2.34. The summed E-state index contributed by atoms with van der Waals surface area (Å²) in [6.07, 6.45) is 17.4. The molecule has 0 radical (unpaired) electrons. The smallest absolute Gasteiger partial charge is 0.137 e. The van der Waals surface area contributed by atoms with Gasteiger partial charge in [0, 0.05) is 78.6 Å². The van der Waals surface area contributed by atoms with Crippen LogP contribution in [-0.4, -0.2) is 0 Å². The first kappa shape index (κ1) is 71.0. The normalized spacial score (nSPS) is 13.1. The van der Waals surface area contributed by atoms with Gasteiger partial charge in [-0.1, -0.05) is 306 Å². The van der Waals surface area contributed by atoms with Gasteiger partial charge in [-0.2, -0.15) is 0 Å². The Morgan fingerprint density at radius 3 is 0.983 bits per heavy atom. The minimum atomic E-state index is -0.425. The molecule has 0 unspecified atom stereocenters. The van der Waals surface area contributed by atoms with Gasteiger partial charge in [-0.25, -0.2) is 0 Å². The first-order valence-electron chi connectivity index (χ1n) is 39.7. The summed E-state index contributed by atoms with van der Waals surface area (Å²) < 4.78 is 13.2. The van der Waals surface area contributed by atoms with Gasteiger partial charge in [-0.15, -0.1) is 0 Å². The maximum absolute atomic E-state index is 6.60. The van der Waals surface area contributed by atoms with Crippen molar-refractivity contribution in [2.24, 2.45) is 0 Å². The second-order valence-corrected chi connectivity index (χ2v) is 30.7. The van der Waals surface area contributed by atoms with Crippen molar-refractivity contribution in [1.82, 2.24) is 0 Å². The molecule has 4 heteroatoms. The van der Waals surface area contributed by atoms with Crippen LogP contribution in [0.4, 0.5) is 34.1 Å². The highest BCUT2D eigenvalue weighted by atomic mass is 16.3. The number of anilines is 6. The Morgan fingerprint density at radius 1 is 0.270 bits per heavy atom. The maximum atomic E-state index is 6.60. The number of hydrogen-bond acceptors (Lipinski definition) is 4. The highest BCUT2D eigenvalue weighted by molar-refractivity contribution is 6.07. The molecule has 2 heterocycles. The fraction of sp³-hybridized carbons (Fsp3) is 0.0631. The van der Waals surface area contributed by atoms with E-state index in [-0.39, 0.29) is 5.41 Å². The minimum absolute atomic E-state index is 0.343. The molecule has 0 saturated heterocycles. The number of nitrogens with zero attached hydrogens (tertiary/aromatic N) is 2. The zero-order valence-electron chi connectivity index (χ0n) is 64.4. The van der Waals surface area contributed by atoms with Crippen molar-refractivity contribution < 1.29 is 8.83 Å². The summed E-state index contributed by atoms with van der Waals surface area (Å²) in [7, 11) is 0. The second kappa shape index (κ2) is 29.7. The van der Waals surface area contributed by atoms with E-state index in [9.17, 15) is 0 Å². The Hall–Kier alpha value is -14.3. The standard InChI is InChI=1S/C111H84N2O2/c1-7-19-94-96-62-50-86(66-104(96)110(102(94)12-6,70-78-34-26-74(8-2)27-35-78)71-79-36-28-75(9-3)29-37-79)84-46-56-90(57-47-84)112(92-60-64-100-98-21-14-17-24-106(98)114-108(100)68-92)88-52-42-82(43-53-88)83-44-54-89(55-45-83)113(93-61-65-101-99-22-15-18-25-107(99)115-109(101)69-93)91-58-48-85(49-59-91)87-51-63-97-95-20-13-16-23-103(95)111(105(97)67-87,72-80-38-30-76(10-4)31-39-80)73-81-40-32-77(11-5)33-41-81/h7-69H,2-6,70-73H2,1H3/b19-7-. The molecular formula is C111H84N2O2. The van der Waals surface area contributed by atoms with Gasteiger partial charge in [0.15, 0.2) is 0 Å². The van der Waals surface area contributed by atoms with Crippen molar-refractivity contribution in [3.63, 3.8) is 0 Å². The minimum Gasteiger partial charge on any atom is -0.456 e. The highest BCUT2D eigenvalue weighted by Crippen LogP contribution is 2.56. The van der Waals surface area contributed by atoms with Crippen LogP contribution in [-0.2, 0) is 36.5 Å². The Bertz CT molecular complexity index is 6600. The summed E-state index contributed by atoms with van der Waals surface area (Å²) in [4.78, 5) is 4.68. The number of rotatable bonds is 23. The molecule has 550 valence electrons. The molecular weight excluding hydrogens is 1390 g/mol. The summed E-state index contributed by atoms with van der Waals surface area (Å²) in [5.74, 6) is 0. The van der Waals surface area contributed by atoms with E-state index in [1.165, 1.54) is 72.3 Å². The molecule has 0 amide bonds. The van der Waals surface area contributed by atoms with E-state index in [2.05, 4.69) is 383 Å². The Labute approximate surface area is 673 Å². The summed E-state index contributed by atoms with van der Waals surface area (Å²) in [5.41, 5.74) is 35.2. The van der Waals surface area contributed by atoms with Gasteiger partial charge < -0.3 is 18.6 Å². The predicted molar refractivity (Wildman–Crippen MR) is 487 cm³/mol. The average molecular weight is 1480 g/mol. The Balaban J connectivity index is 0.661. The molecule has 2 aromatic heterocycles. The summed E-state index contributed by atoms with van der Waals surface area (Å²) >= 11 is 0. The van der Waals surface area contributed by atoms with E-state index in [0.717, 1.165) is 154 Å². The van der Waals surface area contributed by atoms with Gasteiger partial charge in [-0.05, 0) is 252 Å². The van der Waals surface area contributed by atoms with E-state index >= 15 is 0 Å². The van der Waals surface area contributed by atoms with E-state index in [1.54, 1.807) is 0 Å². The van der Waals surface area contributed by atoms with Crippen molar-refractivity contribution in [2.45, 2.75) is 43.4 Å². The van der Waals surface area contributed by atoms with Gasteiger partial charge in [0.05, 0.1) is 0 Å². The Morgan fingerprint density at radius 2 is 0.591 bits per heavy atom. The van der Waals surface area contributed by atoms with Crippen LogP contribution in [0.1, 0.15) is 73.7 Å². The fourth-order valence-electron chi connectivity index (χ4n) is 18.4. The first-order chi connectivity index (χ1) is 56.6.